The lowest BCUT2D eigenvalue weighted by Gasteiger charge is -2.28. The molecule has 35 heavy (non-hydrogen) atoms. The third kappa shape index (κ3) is 5.37. The van der Waals surface area contributed by atoms with Gasteiger partial charge in [0.15, 0.2) is 11.6 Å². The monoisotopic (exact) mass is 512 g/mol. The van der Waals surface area contributed by atoms with E-state index >= 15 is 0 Å². The van der Waals surface area contributed by atoms with Crippen molar-refractivity contribution in [3.05, 3.63) is 42.2 Å². The zero-order chi connectivity index (χ0) is 24.2. The highest BCUT2D eigenvalue weighted by Crippen LogP contribution is 2.35. The number of hydrogen-bond acceptors (Lipinski definition) is 11. The van der Waals surface area contributed by atoms with Gasteiger partial charge in [-0.25, -0.2) is 38.1 Å². The zero-order valence-electron chi connectivity index (χ0n) is 19.0. The van der Waals surface area contributed by atoms with E-state index in [1.165, 1.54) is 11.3 Å². The van der Waals surface area contributed by atoms with E-state index in [2.05, 4.69) is 24.9 Å². The lowest BCUT2D eigenvalue weighted by molar-refractivity contribution is 0.122. The Morgan fingerprint density at radius 3 is 2.63 bits per heavy atom. The molecule has 0 saturated carbocycles. The Morgan fingerprint density at radius 1 is 1.09 bits per heavy atom. The Morgan fingerprint density at radius 2 is 1.89 bits per heavy atom. The molecule has 1 saturated heterocycles. The van der Waals surface area contributed by atoms with Crippen LogP contribution < -0.4 is 14.9 Å². The molecular formula is C22H24N8O3S2. The zero-order valence-corrected chi connectivity index (χ0v) is 20.7. The van der Waals surface area contributed by atoms with Crippen molar-refractivity contribution in [2.45, 2.75) is 6.42 Å². The van der Waals surface area contributed by atoms with Crippen molar-refractivity contribution in [1.29, 1.82) is 0 Å². The number of nitrogens with zero attached hydrogens (tertiary/aromatic N) is 6. The number of benzene rings is 1. The second-order valence-electron chi connectivity index (χ2n) is 7.80. The standard InChI is InChI=1S/C22H24N8O3S2/c1-23-22-24-12-16(13-25-22)18-28-19(30-7-9-33-10-8-30)17-21(29-18)34-20(27-17)15-4-2-3-14(11-15)5-6-26-35(31)32/h2-4,11-13,35H,5-10H2,1H3,(H,23,24,25)(H,26,31,32). The molecule has 0 aliphatic carbocycles. The van der Waals surface area contributed by atoms with Gasteiger partial charge in [0, 0.05) is 44.6 Å². The van der Waals surface area contributed by atoms with Crippen LogP contribution in [-0.4, -0.2) is 73.2 Å². The van der Waals surface area contributed by atoms with Crippen molar-refractivity contribution < 1.29 is 13.2 Å². The van der Waals surface area contributed by atoms with Gasteiger partial charge >= 0.3 is 0 Å². The molecule has 13 heteroatoms. The lowest BCUT2D eigenvalue weighted by atomic mass is 10.1. The Balaban J connectivity index is 1.54. The largest absolute Gasteiger partial charge is 0.378 e. The van der Waals surface area contributed by atoms with Crippen LogP contribution in [0.5, 0.6) is 0 Å². The van der Waals surface area contributed by atoms with Crippen LogP contribution in [0.3, 0.4) is 0 Å². The molecule has 0 amide bonds. The number of thiazole rings is 1. The summed E-state index contributed by atoms with van der Waals surface area (Å²) in [4.78, 5) is 26.2. The van der Waals surface area contributed by atoms with E-state index in [1.54, 1.807) is 19.4 Å². The Hall–Kier alpha value is -3.26. The van der Waals surface area contributed by atoms with Crippen molar-refractivity contribution >= 4 is 44.3 Å². The van der Waals surface area contributed by atoms with Gasteiger partial charge in [0.05, 0.1) is 18.8 Å². The number of fused-ring (bicyclic) bond motifs is 1. The molecule has 182 valence electrons. The molecular weight excluding hydrogens is 488 g/mol. The van der Waals surface area contributed by atoms with Crippen LogP contribution in [0.15, 0.2) is 36.7 Å². The highest BCUT2D eigenvalue weighted by Gasteiger charge is 2.22. The molecule has 1 aliphatic rings. The quantitative estimate of drug-likeness (QED) is 0.300. The Labute approximate surface area is 207 Å². The van der Waals surface area contributed by atoms with E-state index < -0.39 is 10.9 Å². The van der Waals surface area contributed by atoms with Gasteiger partial charge in [-0.15, -0.1) is 0 Å². The van der Waals surface area contributed by atoms with Crippen LogP contribution in [0.2, 0.25) is 0 Å². The van der Waals surface area contributed by atoms with Crippen molar-refractivity contribution in [1.82, 2.24) is 29.6 Å². The first-order valence-corrected chi connectivity index (χ1v) is 13.1. The van der Waals surface area contributed by atoms with Gasteiger partial charge in [0.1, 0.15) is 15.4 Å². The molecule has 4 heterocycles. The third-order valence-electron chi connectivity index (χ3n) is 5.51. The van der Waals surface area contributed by atoms with Crippen LogP contribution >= 0.6 is 11.3 Å². The summed E-state index contributed by atoms with van der Waals surface area (Å²) in [5.74, 6) is 1.84. The highest BCUT2D eigenvalue weighted by molar-refractivity contribution is 7.70. The normalized spacial score (nSPS) is 14.1. The maximum Gasteiger partial charge on any atom is 0.222 e. The number of hydrogen-bond donors (Lipinski definition) is 3. The minimum Gasteiger partial charge on any atom is -0.378 e. The van der Waals surface area contributed by atoms with E-state index in [1.807, 2.05) is 24.3 Å². The van der Waals surface area contributed by atoms with Gasteiger partial charge in [-0.1, -0.05) is 29.5 Å². The van der Waals surface area contributed by atoms with Gasteiger partial charge < -0.3 is 15.0 Å². The van der Waals surface area contributed by atoms with Crippen LogP contribution in [0.25, 0.3) is 32.3 Å². The predicted molar refractivity (Wildman–Crippen MR) is 136 cm³/mol. The number of aromatic nitrogens is 5. The van der Waals surface area contributed by atoms with Gasteiger partial charge in [0.2, 0.25) is 16.8 Å². The third-order valence-corrected chi connectivity index (χ3v) is 6.99. The van der Waals surface area contributed by atoms with Gasteiger partial charge in [-0.2, -0.15) is 0 Å². The summed E-state index contributed by atoms with van der Waals surface area (Å²) < 4.78 is 29.5. The summed E-state index contributed by atoms with van der Waals surface area (Å²) in [6, 6.07) is 7.96. The molecule has 0 radical (unpaired) electrons. The highest BCUT2D eigenvalue weighted by atomic mass is 32.2. The van der Waals surface area contributed by atoms with E-state index in [0.717, 1.165) is 51.0 Å². The molecule has 1 fully saturated rings. The van der Waals surface area contributed by atoms with E-state index in [4.69, 9.17) is 19.7 Å². The van der Waals surface area contributed by atoms with Gasteiger partial charge in [0.25, 0.3) is 0 Å². The van der Waals surface area contributed by atoms with Crippen molar-refractivity contribution in [2.24, 2.45) is 0 Å². The van der Waals surface area contributed by atoms with Crippen LogP contribution in [-0.2, 0) is 22.0 Å². The number of anilines is 2. The van der Waals surface area contributed by atoms with E-state index in [-0.39, 0.29) is 0 Å². The predicted octanol–water partition coefficient (Wildman–Crippen LogP) is 1.75. The second-order valence-corrected chi connectivity index (χ2v) is 9.61. The lowest BCUT2D eigenvalue weighted by Crippen LogP contribution is -2.37. The van der Waals surface area contributed by atoms with E-state index in [9.17, 15) is 8.42 Å². The molecule has 1 aromatic carbocycles. The number of nitrogens with one attached hydrogen (secondary N) is 2. The number of morpholine rings is 1. The molecule has 1 aliphatic heterocycles. The minimum atomic E-state index is -2.60. The molecule has 0 unspecified atom stereocenters. The van der Waals surface area contributed by atoms with Gasteiger partial charge in [-0.3, -0.25) is 0 Å². The average molecular weight is 513 g/mol. The maximum atomic E-state index is 10.8. The fraction of sp³-hybridized carbons (Fsp3) is 0.318. The summed E-state index contributed by atoms with van der Waals surface area (Å²) in [7, 11) is -0.832. The Bertz CT molecular complexity index is 1390. The van der Waals surface area contributed by atoms with Crippen molar-refractivity contribution in [2.75, 3.05) is 50.1 Å². The van der Waals surface area contributed by atoms with Crippen LogP contribution in [0.4, 0.5) is 11.8 Å². The second kappa shape index (κ2) is 10.6. The van der Waals surface area contributed by atoms with Crippen LogP contribution in [0.1, 0.15) is 5.56 Å². The maximum absolute atomic E-state index is 10.8. The number of thiol groups is 1. The molecule has 2 N–H and O–H groups in total. The first-order chi connectivity index (χ1) is 17.1. The Kier molecular flexibility index (Phi) is 7.08. The summed E-state index contributed by atoms with van der Waals surface area (Å²) in [6.07, 6.45) is 4.00. The first kappa shape index (κ1) is 23.5. The van der Waals surface area contributed by atoms with E-state index in [0.29, 0.717) is 38.0 Å². The minimum absolute atomic E-state index is 0.354. The summed E-state index contributed by atoms with van der Waals surface area (Å²) in [6.45, 7) is 3.05. The fourth-order valence-electron chi connectivity index (χ4n) is 3.78. The fourth-order valence-corrected chi connectivity index (χ4v) is 5.01. The topological polar surface area (TPSA) is 135 Å². The molecule has 0 bridgehead atoms. The molecule has 11 nitrogen and oxygen atoms in total. The number of rotatable bonds is 8. The molecule has 0 atom stereocenters. The van der Waals surface area contributed by atoms with Crippen molar-refractivity contribution in [3.8, 4) is 22.0 Å². The average Bonchev–Trinajstić information content (AvgIpc) is 3.33. The van der Waals surface area contributed by atoms with Crippen molar-refractivity contribution in [3.63, 3.8) is 0 Å². The molecule has 5 rings (SSSR count). The van der Waals surface area contributed by atoms with Gasteiger partial charge in [-0.05, 0) is 18.1 Å². The summed E-state index contributed by atoms with van der Waals surface area (Å²) in [5.41, 5.74) is 3.45. The SMILES string of the molecule is CNc1ncc(-c2nc(N3CCOCC3)c3nc(-c4cccc(CCN[SH](=O)=O)c4)sc3n2)cn1. The summed E-state index contributed by atoms with van der Waals surface area (Å²) >= 11 is 1.50. The summed E-state index contributed by atoms with van der Waals surface area (Å²) in [5, 5.41) is 3.74. The van der Waals surface area contributed by atoms with Crippen LogP contribution in [0, 0.1) is 0 Å². The smallest absolute Gasteiger partial charge is 0.222 e. The number of ether oxygens (including phenoxy) is 1. The molecule has 4 aromatic rings. The molecule has 3 aromatic heterocycles. The molecule has 0 spiro atoms. The first-order valence-electron chi connectivity index (χ1n) is 11.1.